The first kappa shape index (κ1) is 15.0. The topological polar surface area (TPSA) is 60.8 Å². The van der Waals surface area contributed by atoms with E-state index in [9.17, 15) is 15.0 Å². The van der Waals surface area contributed by atoms with E-state index in [0.717, 1.165) is 31.5 Å². The van der Waals surface area contributed by atoms with Crippen LogP contribution in [0.15, 0.2) is 30.3 Å². The summed E-state index contributed by atoms with van der Waals surface area (Å²) in [5, 5.41) is 19.6. The van der Waals surface area contributed by atoms with Crippen molar-refractivity contribution >= 4 is 5.97 Å². The highest BCUT2D eigenvalue weighted by molar-refractivity contribution is 5.73. The van der Waals surface area contributed by atoms with E-state index in [0.29, 0.717) is 6.42 Å². The minimum Gasteiger partial charge on any atom is -0.480 e. The van der Waals surface area contributed by atoms with E-state index < -0.39 is 12.1 Å². The number of aliphatic carboxylic acids is 1. The number of nitrogens with zero attached hydrogens (tertiary/aromatic N) is 1. The van der Waals surface area contributed by atoms with Crippen molar-refractivity contribution in [3.8, 4) is 0 Å². The Bertz CT molecular complexity index is 427. The largest absolute Gasteiger partial charge is 0.480 e. The monoisotopic (exact) mass is 277 g/mol. The highest BCUT2D eigenvalue weighted by atomic mass is 16.4. The van der Waals surface area contributed by atoms with Crippen molar-refractivity contribution in [2.75, 3.05) is 13.1 Å². The molecule has 2 unspecified atom stereocenters. The number of likely N-dealkylation sites (tertiary alicyclic amines) is 1. The van der Waals surface area contributed by atoms with Gasteiger partial charge in [0, 0.05) is 0 Å². The first-order chi connectivity index (χ1) is 9.63. The summed E-state index contributed by atoms with van der Waals surface area (Å²) in [6.45, 7) is 3.41. The van der Waals surface area contributed by atoms with E-state index in [1.165, 1.54) is 0 Å². The highest BCUT2D eigenvalue weighted by Crippen LogP contribution is 2.31. The van der Waals surface area contributed by atoms with Crippen LogP contribution in [0, 0.1) is 5.92 Å². The number of piperidine rings is 1. The Morgan fingerprint density at radius 1 is 1.30 bits per heavy atom. The fraction of sp³-hybridized carbons (Fsp3) is 0.562. The minimum absolute atomic E-state index is 0.222. The van der Waals surface area contributed by atoms with E-state index in [-0.39, 0.29) is 12.0 Å². The Kier molecular flexibility index (Phi) is 5.15. The number of carbonyl (C=O) groups is 1. The third-order valence-corrected chi connectivity index (χ3v) is 4.27. The van der Waals surface area contributed by atoms with Crippen molar-refractivity contribution in [3.63, 3.8) is 0 Å². The van der Waals surface area contributed by atoms with Crippen molar-refractivity contribution < 1.29 is 15.0 Å². The number of rotatable bonds is 5. The second-order valence-electron chi connectivity index (χ2n) is 5.49. The lowest BCUT2D eigenvalue weighted by Crippen LogP contribution is -2.46. The molecule has 0 amide bonds. The Morgan fingerprint density at radius 2 is 1.90 bits per heavy atom. The average Bonchev–Trinajstić information content (AvgIpc) is 2.48. The van der Waals surface area contributed by atoms with Crippen molar-refractivity contribution in [2.45, 2.75) is 38.3 Å². The molecular weight excluding hydrogens is 254 g/mol. The Balaban J connectivity index is 1.93. The number of hydrogen-bond donors (Lipinski definition) is 2. The molecule has 1 aromatic carbocycles. The lowest BCUT2D eigenvalue weighted by atomic mass is 9.87. The third-order valence-electron chi connectivity index (χ3n) is 4.27. The molecule has 20 heavy (non-hydrogen) atoms. The molecule has 4 heteroatoms. The summed E-state index contributed by atoms with van der Waals surface area (Å²) in [6, 6.07) is 9.32. The molecule has 2 rings (SSSR count). The van der Waals surface area contributed by atoms with Crippen molar-refractivity contribution in [3.05, 3.63) is 35.9 Å². The Morgan fingerprint density at radius 3 is 2.40 bits per heavy atom. The van der Waals surface area contributed by atoms with Crippen LogP contribution in [0.25, 0.3) is 0 Å². The van der Waals surface area contributed by atoms with Crippen LogP contribution in [0.5, 0.6) is 0 Å². The van der Waals surface area contributed by atoms with Gasteiger partial charge in [0.25, 0.3) is 0 Å². The molecule has 0 radical (unpaired) electrons. The molecule has 1 fully saturated rings. The van der Waals surface area contributed by atoms with Crippen LogP contribution in [-0.2, 0) is 4.79 Å². The maximum Gasteiger partial charge on any atom is 0.320 e. The third kappa shape index (κ3) is 3.38. The molecule has 110 valence electrons. The van der Waals surface area contributed by atoms with Crippen LogP contribution in [0.2, 0.25) is 0 Å². The summed E-state index contributed by atoms with van der Waals surface area (Å²) in [7, 11) is 0. The Hall–Kier alpha value is -1.39. The second-order valence-corrected chi connectivity index (χ2v) is 5.49. The van der Waals surface area contributed by atoms with Crippen LogP contribution in [-0.4, -0.2) is 40.2 Å². The Labute approximate surface area is 120 Å². The summed E-state index contributed by atoms with van der Waals surface area (Å²) >= 11 is 0. The van der Waals surface area contributed by atoms with Crippen molar-refractivity contribution in [1.29, 1.82) is 0 Å². The maximum atomic E-state index is 11.2. The number of carboxylic acid groups (broad SMARTS) is 1. The minimum atomic E-state index is -0.741. The van der Waals surface area contributed by atoms with Gasteiger partial charge in [-0.3, -0.25) is 9.69 Å². The van der Waals surface area contributed by atoms with E-state index in [2.05, 4.69) is 0 Å². The van der Waals surface area contributed by atoms with E-state index >= 15 is 0 Å². The molecule has 1 aliphatic heterocycles. The first-order valence-electron chi connectivity index (χ1n) is 7.33. The fourth-order valence-corrected chi connectivity index (χ4v) is 3.06. The first-order valence-corrected chi connectivity index (χ1v) is 7.33. The van der Waals surface area contributed by atoms with Crippen LogP contribution >= 0.6 is 0 Å². The SMILES string of the molecule is CCC(C(=O)O)N1CCC(C(O)c2ccccc2)CC1. The molecule has 2 atom stereocenters. The second kappa shape index (κ2) is 6.86. The molecular formula is C16H23NO3. The van der Waals surface area contributed by atoms with Gasteiger partial charge in [-0.15, -0.1) is 0 Å². The molecule has 1 aliphatic rings. The molecule has 1 saturated heterocycles. The summed E-state index contributed by atoms with van der Waals surface area (Å²) < 4.78 is 0. The number of aliphatic hydroxyl groups excluding tert-OH is 1. The molecule has 0 saturated carbocycles. The van der Waals surface area contributed by atoms with Gasteiger partial charge in [-0.1, -0.05) is 37.3 Å². The van der Waals surface area contributed by atoms with Crippen LogP contribution in [0.3, 0.4) is 0 Å². The zero-order valence-electron chi connectivity index (χ0n) is 11.9. The van der Waals surface area contributed by atoms with Crippen LogP contribution in [0.1, 0.15) is 37.9 Å². The highest BCUT2D eigenvalue weighted by Gasteiger charge is 2.31. The predicted molar refractivity (Wildman–Crippen MR) is 77.4 cm³/mol. The number of carboxylic acids is 1. The molecule has 0 aliphatic carbocycles. The van der Waals surface area contributed by atoms with Gasteiger partial charge in [-0.2, -0.15) is 0 Å². The van der Waals surface area contributed by atoms with E-state index in [1.54, 1.807) is 0 Å². The summed E-state index contributed by atoms with van der Waals surface area (Å²) in [5.41, 5.74) is 0.955. The van der Waals surface area contributed by atoms with Crippen molar-refractivity contribution in [2.24, 2.45) is 5.92 Å². The van der Waals surface area contributed by atoms with Gasteiger partial charge in [0.2, 0.25) is 0 Å². The van der Waals surface area contributed by atoms with Crippen LogP contribution < -0.4 is 0 Å². The molecule has 0 spiro atoms. The molecule has 0 bridgehead atoms. The van der Waals surface area contributed by atoms with Gasteiger partial charge in [-0.25, -0.2) is 0 Å². The van der Waals surface area contributed by atoms with Gasteiger partial charge in [0.05, 0.1) is 6.10 Å². The molecule has 1 heterocycles. The zero-order valence-corrected chi connectivity index (χ0v) is 11.9. The van der Waals surface area contributed by atoms with Gasteiger partial charge < -0.3 is 10.2 Å². The normalized spacial score (nSPS) is 20.5. The average molecular weight is 277 g/mol. The van der Waals surface area contributed by atoms with E-state index in [1.807, 2.05) is 42.2 Å². The van der Waals surface area contributed by atoms with E-state index in [4.69, 9.17) is 0 Å². The van der Waals surface area contributed by atoms with Gasteiger partial charge in [0.1, 0.15) is 6.04 Å². The molecule has 1 aromatic rings. The number of hydrogen-bond acceptors (Lipinski definition) is 3. The molecule has 4 nitrogen and oxygen atoms in total. The quantitative estimate of drug-likeness (QED) is 0.867. The van der Waals surface area contributed by atoms with Gasteiger partial charge in [0.15, 0.2) is 0 Å². The predicted octanol–water partition coefficient (Wildman–Crippen LogP) is 2.30. The number of benzene rings is 1. The lowest BCUT2D eigenvalue weighted by molar-refractivity contribution is -0.144. The molecule has 2 N–H and O–H groups in total. The summed E-state index contributed by atoms with van der Waals surface area (Å²) in [6.07, 6.45) is 1.88. The lowest BCUT2D eigenvalue weighted by Gasteiger charge is -2.37. The summed E-state index contributed by atoms with van der Waals surface area (Å²) in [4.78, 5) is 13.2. The van der Waals surface area contributed by atoms with Crippen molar-refractivity contribution in [1.82, 2.24) is 4.90 Å². The van der Waals surface area contributed by atoms with Gasteiger partial charge >= 0.3 is 5.97 Å². The summed E-state index contributed by atoms with van der Waals surface area (Å²) in [5.74, 6) is -0.519. The van der Waals surface area contributed by atoms with Gasteiger partial charge in [-0.05, 0) is 43.8 Å². The number of aliphatic hydroxyl groups is 1. The smallest absolute Gasteiger partial charge is 0.320 e. The fourth-order valence-electron chi connectivity index (χ4n) is 3.06. The maximum absolute atomic E-state index is 11.2. The standard InChI is InChI=1S/C16H23NO3/c1-2-14(16(19)20)17-10-8-13(9-11-17)15(18)12-6-4-3-5-7-12/h3-7,13-15,18H,2,8-11H2,1H3,(H,19,20). The molecule has 0 aromatic heterocycles. The van der Waals surface area contributed by atoms with Crippen LogP contribution in [0.4, 0.5) is 0 Å². The zero-order chi connectivity index (χ0) is 14.5.